The molecule has 0 bridgehead atoms. The van der Waals surface area contributed by atoms with E-state index in [1.165, 1.54) is 12.0 Å². The van der Waals surface area contributed by atoms with Crippen LogP contribution in [-0.2, 0) is 6.42 Å². The molecule has 3 nitrogen and oxygen atoms in total. The van der Waals surface area contributed by atoms with Crippen LogP contribution >= 0.6 is 0 Å². The number of H-pyrrole nitrogens is 1. The van der Waals surface area contributed by atoms with Crippen molar-refractivity contribution in [2.45, 2.75) is 47.5 Å². The first-order valence-corrected chi connectivity index (χ1v) is 6.65. The lowest BCUT2D eigenvalue weighted by atomic mass is 9.84. The van der Waals surface area contributed by atoms with E-state index in [4.69, 9.17) is 0 Å². The standard InChI is InChI=1S/C15H23N3/c1-10(8-15(3,4)5)7-13-17-12-6-11(2)9-16-14(12)18-13/h6,9-10H,7-8H2,1-5H3,(H,16,17,18). The van der Waals surface area contributed by atoms with E-state index in [-0.39, 0.29) is 0 Å². The Morgan fingerprint density at radius 1 is 1.33 bits per heavy atom. The second-order valence-corrected chi connectivity index (χ2v) is 6.64. The minimum absolute atomic E-state index is 0.375. The summed E-state index contributed by atoms with van der Waals surface area (Å²) in [6, 6.07) is 2.10. The Labute approximate surface area is 109 Å². The maximum absolute atomic E-state index is 4.56. The fourth-order valence-electron chi connectivity index (χ4n) is 2.60. The lowest BCUT2D eigenvalue weighted by Gasteiger charge is -2.22. The molecular formula is C15H23N3. The van der Waals surface area contributed by atoms with Gasteiger partial charge >= 0.3 is 0 Å². The topological polar surface area (TPSA) is 41.6 Å². The minimum atomic E-state index is 0.375. The third-order valence-corrected chi connectivity index (χ3v) is 3.03. The molecule has 2 heterocycles. The van der Waals surface area contributed by atoms with Crippen LogP contribution in [0.25, 0.3) is 11.2 Å². The summed E-state index contributed by atoms with van der Waals surface area (Å²) in [4.78, 5) is 12.3. The fraction of sp³-hybridized carbons (Fsp3) is 0.600. The zero-order valence-electron chi connectivity index (χ0n) is 12.0. The Morgan fingerprint density at radius 2 is 2.06 bits per heavy atom. The Balaban J connectivity index is 2.12. The third-order valence-electron chi connectivity index (χ3n) is 3.03. The molecule has 0 aromatic carbocycles. The van der Waals surface area contributed by atoms with E-state index in [0.29, 0.717) is 11.3 Å². The second-order valence-electron chi connectivity index (χ2n) is 6.64. The van der Waals surface area contributed by atoms with Crippen molar-refractivity contribution in [2.24, 2.45) is 11.3 Å². The maximum Gasteiger partial charge on any atom is 0.177 e. The van der Waals surface area contributed by atoms with Crippen molar-refractivity contribution in [3.63, 3.8) is 0 Å². The van der Waals surface area contributed by atoms with Gasteiger partial charge in [-0.3, -0.25) is 0 Å². The quantitative estimate of drug-likeness (QED) is 0.891. The normalized spacial score (nSPS) is 14.1. The molecule has 1 unspecified atom stereocenters. The van der Waals surface area contributed by atoms with Crippen molar-refractivity contribution >= 4 is 11.2 Å². The number of hydrogen-bond donors (Lipinski definition) is 1. The number of aromatic amines is 1. The zero-order chi connectivity index (χ0) is 13.3. The first kappa shape index (κ1) is 13.1. The zero-order valence-corrected chi connectivity index (χ0v) is 12.0. The van der Waals surface area contributed by atoms with Gasteiger partial charge in [0.05, 0.1) is 5.52 Å². The summed E-state index contributed by atoms with van der Waals surface area (Å²) in [5.41, 5.74) is 3.42. The van der Waals surface area contributed by atoms with Crippen molar-refractivity contribution in [1.82, 2.24) is 15.0 Å². The first-order chi connectivity index (χ1) is 8.33. The van der Waals surface area contributed by atoms with Crippen molar-refractivity contribution in [3.8, 4) is 0 Å². The average Bonchev–Trinajstić information content (AvgIpc) is 2.55. The van der Waals surface area contributed by atoms with Gasteiger partial charge in [-0.05, 0) is 36.3 Å². The maximum atomic E-state index is 4.56. The molecule has 0 amide bonds. The van der Waals surface area contributed by atoms with E-state index in [0.717, 1.165) is 23.4 Å². The van der Waals surface area contributed by atoms with Gasteiger partial charge in [0.15, 0.2) is 5.65 Å². The molecule has 0 saturated heterocycles. The number of aryl methyl sites for hydroxylation is 1. The lowest BCUT2D eigenvalue weighted by molar-refractivity contribution is 0.304. The van der Waals surface area contributed by atoms with Crippen LogP contribution in [-0.4, -0.2) is 15.0 Å². The predicted molar refractivity (Wildman–Crippen MR) is 75.6 cm³/mol. The number of rotatable bonds is 3. The molecule has 3 heteroatoms. The van der Waals surface area contributed by atoms with Crippen LogP contribution in [0.3, 0.4) is 0 Å². The SMILES string of the molecule is Cc1cnc2nc(CC(C)CC(C)(C)C)[nH]c2c1. The highest BCUT2D eigenvalue weighted by molar-refractivity contribution is 5.70. The van der Waals surface area contributed by atoms with Gasteiger partial charge in [-0.25, -0.2) is 9.97 Å². The van der Waals surface area contributed by atoms with Crippen molar-refractivity contribution in [2.75, 3.05) is 0 Å². The smallest absolute Gasteiger partial charge is 0.177 e. The van der Waals surface area contributed by atoms with E-state index >= 15 is 0 Å². The Bertz CT molecular complexity index is 534. The third kappa shape index (κ3) is 3.31. The molecule has 98 valence electrons. The van der Waals surface area contributed by atoms with Crippen LogP contribution in [0.15, 0.2) is 12.3 Å². The number of fused-ring (bicyclic) bond motifs is 1. The highest BCUT2D eigenvalue weighted by atomic mass is 15.0. The summed E-state index contributed by atoms with van der Waals surface area (Å²) in [6.45, 7) is 11.2. The number of nitrogens with one attached hydrogen (secondary N) is 1. The molecule has 0 fully saturated rings. The Hall–Kier alpha value is -1.38. The van der Waals surface area contributed by atoms with Gasteiger partial charge < -0.3 is 4.98 Å². The molecule has 0 aliphatic heterocycles. The molecular weight excluding hydrogens is 222 g/mol. The number of imidazole rings is 1. The van der Waals surface area contributed by atoms with Crippen LogP contribution < -0.4 is 0 Å². The summed E-state index contributed by atoms with van der Waals surface area (Å²) in [6.07, 6.45) is 4.06. The van der Waals surface area contributed by atoms with Crippen LogP contribution in [0.4, 0.5) is 0 Å². The number of pyridine rings is 1. The summed E-state index contributed by atoms with van der Waals surface area (Å²) < 4.78 is 0. The van der Waals surface area contributed by atoms with Gasteiger partial charge in [-0.15, -0.1) is 0 Å². The monoisotopic (exact) mass is 245 g/mol. The largest absolute Gasteiger partial charge is 0.341 e. The van der Waals surface area contributed by atoms with Crippen molar-refractivity contribution in [3.05, 3.63) is 23.7 Å². The van der Waals surface area contributed by atoms with Gasteiger partial charge in [0.1, 0.15) is 5.82 Å². The van der Waals surface area contributed by atoms with Gasteiger partial charge in [0.25, 0.3) is 0 Å². The molecule has 0 aliphatic rings. The van der Waals surface area contributed by atoms with Crippen LogP contribution in [0.5, 0.6) is 0 Å². The highest BCUT2D eigenvalue weighted by Crippen LogP contribution is 2.26. The molecule has 2 aromatic heterocycles. The molecule has 0 spiro atoms. The number of aromatic nitrogens is 3. The van der Waals surface area contributed by atoms with E-state index in [1.54, 1.807) is 0 Å². The van der Waals surface area contributed by atoms with E-state index < -0.39 is 0 Å². The highest BCUT2D eigenvalue weighted by Gasteiger charge is 2.17. The molecule has 2 rings (SSSR count). The van der Waals surface area contributed by atoms with Gasteiger partial charge in [0.2, 0.25) is 0 Å². The molecule has 1 atom stereocenters. The summed E-state index contributed by atoms with van der Waals surface area (Å²) in [7, 11) is 0. The summed E-state index contributed by atoms with van der Waals surface area (Å²) >= 11 is 0. The van der Waals surface area contributed by atoms with Crippen LogP contribution in [0.2, 0.25) is 0 Å². The molecule has 0 radical (unpaired) electrons. The van der Waals surface area contributed by atoms with Gasteiger partial charge in [-0.1, -0.05) is 27.7 Å². The number of hydrogen-bond acceptors (Lipinski definition) is 2. The first-order valence-electron chi connectivity index (χ1n) is 6.65. The fourth-order valence-corrected chi connectivity index (χ4v) is 2.60. The van der Waals surface area contributed by atoms with Crippen LogP contribution in [0, 0.1) is 18.3 Å². The van der Waals surface area contributed by atoms with Crippen LogP contribution in [0.1, 0.15) is 45.5 Å². The Kier molecular flexibility index (Phi) is 3.42. The molecule has 18 heavy (non-hydrogen) atoms. The second kappa shape index (κ2) is 4.71. The lowest BCUT2D eigenvalue weighted by Crippen LogP contribution is -2.13. The molecule has 1 N–H and O–H groups in total. The average molecular weight is 245 g/mol. The Morgan fingerprint density at radius 3 is 2.72 bits per heavy atom. The molecule has 0 aliphatic carbocycles. The molecule has 0 saturated carbocycles. The predicted octanol–water partition coefficient (Wildman–Crippen LogP) is 3.88. The van der Waals surface area contributed by atoms with E-state index in [1.807, 2.05) is 6.20 Å². The van der Waals surface area contributed by atoms with E-state index in [9.17, 15) is 0 Å². The van der Waals surface area contributed by atoms with Gasteiger partial charge in [-0.2, -0.15) is 0 Å². The van der Waals surface area contributed by atoms with Gasteiger partial charge in [0, 0.05) is 12.6 Å². The number of nitrogens with zero attached hydrogens (tertiary/aromatic N) is 2. The van der Waals surface area contributed by atoms with Crippen molar-refractivity contribution < 1.29 is 0 Å². The summed E-state index contributed by atoms with van der Waals surface area (Å²) in [5, 5.41) is 0. The van der Waals surface area contributed by atoms with E-state index in [2.05, 4.69) is 55.6 Å². The molecule has 2 aromatic rings. The summed E-state index contributed by atoms with van der Waals surface area (Å²) in [5.74, 6) is 1.69. The van der Waals surface area contributed by atoms with Crippen molar-refractivity contribution in [1.29, 1.82) is 0 Å². The minimum Gasteiger partial charge on any atom is -0.341 e.